The molecule has 0 aliphatic carbocycles. The Balaban J connectivity index is 0.000000349. The topological polar surface area (TPSA) is 92.7 Å². The predicted octanol–water partition coefficient (Wildman–Crippen LogP) is 0.567. The second-order valence-electron chi connectivity index (χ2n) is 6.50. The fraction of sp³-hybridized carbons (Fsp3) is 0.368. The highest BCUT2D eigenvalue weighted by Crippen LogP contribution is 2.44. The zero-order valence-electron chi connectivity index (χ0n) is 14.5. The number of fused-ring (bicyclic) bond motifs is 3. The van der Waals surface area contributed by atoms with E-state index in [0.717, 1.165) is 0 Å². The first-order chi connectivity index (χ1) is 12.4. The Kier molecular flexibility index (Phi) is 6.25. The molecule has 0 spiro atoms. The molecule has 1 saturated heterocycles. The SMILES string of the molecule is CSc1ccc([C@@H]2CN3CCC[C@@H]3c3ccccc32)cc1.[O-][Cl+3]([O-])([O-])O. The number of halogens is 1. The van der Waals surface area contributed by atoms with Gasteiger partial charge in [0.25, 0.3) is 0 Å². The predicted molar refractivity (Wildman–Crippen MR) is 92.3 cm³/mol. The van der Waals surface area contributed by atoms with E-state index in [4.69, 9.17) is 18.6 Å². The van der Waals surface area contributed by atoms with Gasteiger partial charge in [0.1, 0.15) is 0 Å². The van der Waals surface area contributed by atoms with Gasteiger partial charge < -0.3 is 0 Å². The van der Waals surface area contributed by atoms with E-state index in [1.807, 2.05) is 11.8 Å². The molecule has 0 unspecified atom stereocenters. The first-order valence-corrected chi connectivity index (χ1v) is 11.0. The van der Waals surface area contributed by atoms with Crippen molar-refractivity contribution in [2.75, 3.05) is 19.3 Å². The maximum absolute atomic E-state index is 8.60. The van der Waals surface area contributed by atoms with Crippen LogP contribution in [0.5, 0.6) is 0 Å². The maximum Gasteiger partial charge on any atom is 0.0777 e. The van der Waals surface area contributed by atoms with Gasteiger partial charge in [-0.25, -0.2) is 0 Å². The number of rotatable bonds is 2. The average molecular weight is 396 g/mol. The van der Waals surface area contributed by atoms with Crippen molar-refractivity contribution in [1.82, 2.24) is 4.90 Å². The summed E-state index contributed by atoms with van der Waals surface area (Å²) < 4.78 is 32.7. The number of benzene rings is 2. The fourth-order valence-corrected chi connectivity index (χ4v) is 4.39. The fourth-order valence-electron chi connectivity index (χ4n) is 3.98. The van der Waals surface area contributed by atoms with Gasteiger partial charge in [0.15, 0.2) is 0 Å². The second kappa shape index (κ2) is 8.27. The molecule has 5 nitrogen and oxygen atoms in total. The highest BCUT2D eigenvalue weighted by Gasteiger charge is 2.35. The summed E-state index contributed by atoms with van der Waals surface area (Å²) in [5, 5.41) is 0. The summed E-state index contributed by atoms with van der Waals surface area (Å²) in [7, 11) is -4.69. The van der Waals surface area contributed by atoms with Crippen molar-refractivity contribution in [3.05, 3.63) is 65.2 Å². The van der Waals surface area contributed by atoms with E-state index in [9.17, 15) is 0 Å². The van der Waals surface area contributed by atoms with Gasteiger partial charge >= 0.3 is 0 Å². The monoisotopic (exact) mass is 395 g/mol. The Morgan fingerprint density at radius 1 is 1.04 bits per heavy atom. The lowest BCUT2D eigenvalue weighted by molar-refractivity contribution is -1.92. The lowest BCUT2D eigenvalue weighted by Crippen LogP contribution is -2.58. The van der Waals surface area contributed by atoms with Gasteiger partial charge in [-0.3, -0.25) is 4.90 Å². The minimum Gasteiger partial charge on any atom is -0.295 e. The highest BCUT2D eigenvalue weighted by atomic mass is 35.7. The molecule has 1 N–H and O–H groups in total. The minimum atomic E-state index is -4.69. The molecule has 4 rings (SSSR count). The standard InChI is InChI=1S/C19H21NS.ClHO4/c1-21-15-10-8-14(9-11-15)18-13-20-12-4-7-19(20)17-6-3-2-5-16(17)18;2-1(3,4)5/h2-3,5-6,8-11,18-19H,4,7,12-13H2,1H3;(H,2,3,4,5)/t18-,19+;/m0./s1. The Morgan fingerprint density at radius 2 is 1.65 bits per heavy atom. The van der Waals surface area contributed by atoms with Crippen LogP contribution in [0.15, 0.2) is 53.4 Å². The smallest absolute Gasteiger partial charge is 0.0777 e. The van der Waals surface area contributed by atoms with Crippen LogP contribution in [0.4, 0.5) is 0 Å². The maximum atomic E-state index is 8.60. The Bertz CT molecular complexity index is 729. The molecule has 0 aromatic heterocycles. The number of hydrogen-bond acceptors (Lipinski definition) is 6. The quantitative estimate of drug-likeness (QED) is 0.747. The van der Waals surface area contributed by atoms with Crippen molar-refractivity contribution < 1.29 is 28.9 Å². The third kappa shape index (κ3) is 4.78. The van der Waals surface area contributed by atoms with Crippen molar-refractivity contribution in [1.29, 1.82) is 0 Å². The largest absolute Gasteiger partial charge is 0.295 e. The van der Waals surface area contributed by atoms with E-state index in [2.05, 4.69) is 59.7 Å². The van der Waals surface area contributed by atoms with Gasteiger partial charge in [-0.2, -0.15) is 14.0 Å². The molecular formula is C19H22ClNO4S. The molecule has 2 atom stereocenters. The van der Waals surface area contributed by atoms with Gasteiger partial charge in [0.05, 0.1) is 14.9 Å². The van der Waals surface area contributed by atoms with Gasteiger partial charge in [-0.1, -0.05) is 36.4 Å². The molecule has 2 heterocycles. The first kappa shape index (κ1) is 19.6. The van der Waals surface area contributed by atoms with Crippen LogP contribution < -0.4 is 14.0 Å². The van der Waals surface area contributed by atoms with E-state index in [0.29, 0.717) is 12.0 Å². The number of nitrogens with zero attached hydrogens (tertiary/aromatic N) is 1. The van der Waals surface area contributed by atoms with Crippen molar-refractivity contribution in [2.45, 2.75) is 29.7 Å². The van der Waals surface area contributed by atoms with Crippen LogP contribution in [0, 0.1) is 10.2 Å². The molecule has 2 aliphatic rings. The molecule has 2 aromatic rings. The second-order valence-corrected chi connectivity index (χ2v) is 8.18. The van der Waals surface area contributed by atoms with Crippen LogP contribution in [0.25, 0.3) is 0 Å². The molecule has 0 radical (unpaired) electrons. The molecule has 7 heteroatoms. The van der Waals surface area contributed by atoms with Crippen molar-refractivity contribution in [2.24, 2.45) is 0 Å². The summed E-state index contributed by atoms with van der Waals surface area (Å²) in [6.07, 6.45) is 4.81. The van der Waals surface area contributed by atoms with Crippen LogP contribution in [-0.2, 0) is 0 Å². The number of hydrogen-bond donors (Lipinski definition) is 1. The van der Waals surface area contributed by atoms with Crippen molar-refractivity contribution in [3.63, 3.8) is 0 Å². The third-order valence-electron chi connectivity index (χ3n) is 5.03. The van der Waals surface area contributed by atoms with E-state index in [1.165, 1.54) is 36.4 Å². The molecule has 1 fully saturated rings. The van der Waals surface area contributed by atoms with Crippen LogP contribution in [0.1, 0.15) is 41.5 Å². The van der Waals surface area contributed by atoms with E-state index >= 15 is 0 Å². The zero-order chi connectivity index (χ0) is 18.7. The van der Waals surface area contributed by atoms with Gasteiger partial charge in [-0.05, 0) is 54.5 Å². The first-order valence-electron chi connectivity index (χ1n) is 8.47. The summed E-state index contributed by atoms with van der Waals surface area (Å²) >= 11 is 1.81. The Morgan fingerprint density at radius 3 is 2.27 bits per heavy atom. The molecule has 0 saturated carbocycles. The average Bonchev–Trinajstić information content (AvgIpc) is 3.08. The molecule has 2 aliphatic heterocycles. The van der Waals surface area contributed by atoms with Crippen LogP contribution in [0.2, 0.25) is 0 Å². The van der Waals surface area contributed by atoms with E-state index in [1.54, 1.807) is 11.1 Å². The number of thioether (sulfide) groups is 1. The van der Waals surface area contributed by atoms with Crippen LogP contribution in [-0.4, -0.2) is 28.9 Å². The molecule has 26 heavy (non-hydrogen) atoms. The molecule has 0 amide bonds. The van der Waals surface area contributed by atoms with Gasteiger partial charge in [0.2, 0.25) is 0 Å². The Labute approximate surface area is 160 Å². The van der Waals surface area contributed by atoms with Gasteiger partial charge in [-0.15, -0.1) is 11.8 Å². The van der Waals surface area contributed by atoms with Crippen LogP contribution >= 0.6 is 11.8 Å². The summed E-state index contributed by atoms with van der Waals surface area (Å²) in [6, 6.07) is 18.9. The molecule has 2 aromatic carbocycles. The molecular weight excluding hydrogens is 374 g/mol. The summed E-state index contributed by atoms with van der Waals surface area (Å²) in [5.74, 6) is 0.534. The van der Waals surface area contributed by atoms with Crippen molar-refractivity contribution >= 4 is 11.8 Å². The highest BCUT2D eigenvalue weighted by molar-refractivity contribution is 7.98. The van der Waals surface area contributed by atoms with E-state index in [-0.39, 0.29) is 0 Å². The summed E-state index contributed by atoms with van der Waals surface area (Å²) in [4.78, 5) is 4.04. The normalized spacial score (nSPS) is 22.2. The van der Waals surface area contributed by atoms with Crippen LogP contribution in [0.3, 0.4) is 0 Å². The van der Waals surface area contributed by atoms with Crippen molar-refractivity contribution in [3.8, 4) is 0 Å². The lowest BCUT2D eigenvalue weighted by Gasteiger charge is -2.37. The zero-order valence-corrected chi connectivity index (χ0v) is 16.1. The summed E-state index contributed by atoms with van der Waals surface area (Å²) in [6.45, 7) is 2.44. The van der Waals surface area contributed by atoms with E-state index < -0.39 is 10.2 Å². The molecule has 140 valence electrons. The Hall–Kier alpha value is -1.12. The molecule has 0 bridgehead atoms. The van der Waals surface area contributed by atoms with Gasteiger partial charge in [0, 0.05) is 23.4 Å². The lowest BCUT2D eigenvalue weighted by atomic mass is 9.82. The third-order valence-corrected chi connectivity index (χ3v) is 5.77. The summed E-state index contributed by atoms with van der Waals surface area (Å²) in [5.41, 5.74) is 4.59. The minimum absolute atomic E-state index is 0.534.